The molecule has 3 N–H and O–H groups in total. The van der Waals surface area contributed by atoms with Gasteiger partial charge >= 0.3 is 0 Å². The summed E-state index contributed by atoms with van der Waals surface area (Å²) >= 11 is 1.30. The number of hydrazine groups is 1. The number of nitrogens with zero attached hydrogens (tertiary/aromatic N) is 3. The Morgan fingerprint density at radius 1 is 0.743 bits per heavy atom. The van der Waals surface area contributed by atoms with Gasteiger partial charge in [0, 0.05) is 16.8 Å². The molecule has 0 atom stereocenters. The summed E-state index contributed by atoms with van der Waals surface area (Å²) in [5.74, 6) is 0.352. The molecule has 5 rings (SSSR count). The largest absolute Gasteiger partial charge is 0.323 e. The lowest BCUT2D eigenvalue weighted by Gasteiger charge is -2.07. The molecule has 9 heteroatoms. The van der Waals surface area contributed by atoms with Gasteiger partial charge in [-0.3, -0.25) is 20.4 Å². The molecule has 2 aromatic heterocycles. The third-order valence-corrected chi connectivity index (χ3v) is 5.95. The molecule has 3 aromatic carbocycles. The van der Waals surface area contributed by atoms with Gasteiger partial charge in [-0.15, -0.1) is 16.4 Å². The fourth-order valence-electron chi connectivity index (χ4n) is 3.38. The maximum absolute atomic E-state index is 12.4. The Balaban J connectivity index is 1.31. The smallest absolute Gasteiger partial charge is 0.279 e. The van der Waals surface area contributed by atoms with Crippen molar-refractivity contribution in [1.29, 1.82) is 0 Å². The van der Waals surface area contributed by atoms with Gasteiger partial charge in [-0.2, -0.15) is 4.98 Å². The van der Waals surface area contributed by atoms with E-state index >= 15 is 0 Å². The zero-order chi connectivity index (χ0) is 24.0. The van der Waals surface area contributed by atoms with Crippen molar-refractivity contribution in [3.63, 3.8) is 0 Å². The van der Waals surface area contributed by atoms with E-state index < -0.39 is 5.91 Å². The topological polar surface area (TPSA) is 101 Å². The van der Waals surface area contributed by atoms with Crippen LogP contribution in [0.25, 0.3) is 17.1 Å². The zero-order valence-electron chi connectivity index (χ0n) is 18.4. The van der Waals surface area contributed by atoms with Crippen LogP contribution in [0.4, 0.5) is 11.6 Å². The second-order valence-corrected chi connectivity index (χ2v) is 8.41. The molecule has 0 radical (unpaired) electrons. The van der Waals surface area contributed by atoms with Crippen molar-refractivity contribution >= 4 is 34.8 Å². The van der Waals surface area contributed by atoms with E-state index in [1.54, 1.807) is 46.5 Å². The van der Waals surface area contributed by atoms with Crippen molar-refractivity contribution in [1.82, 2.24) is 25.6 Å². The second kappa shape index (κ2) is 10.0. The maximum atomic E-state index is 12.4. The summed E-state index contributed by atoms with van der Waals surface area (Å²) in [4.78, 5) is 29.6. The molecule has 0 fully saturated rings. The molecule has 8 nitrogen and oxygen atoms in total. The Morgan fingerprint density at radius 2 is 1.43 bits per heavy atom. The summed E-state index contributed by atoms with van der Waals surface area (Å²) < 4.78 is 1.79. The Hall–Kier alpha value is -4.76. The molecule has 0 saturated carbocycles. The molecule has 2 heterocycles. The van der Waals surface area contributed by atoms with Gasteiger partial charge in [0.25, 0.3) is 11.8 Å². The highest BCUT2D eigenvalue weighted by Gasteiger charge is 2.14. The molecule has 2 amide bonds. The van der Waals surface area contributed by atoms with Gasteiger partial charge in [0.15, 0.2) is 5.82 Å². The van der Waals surface area contributed by atoms with Crippen molar-refractivity contribution < 1.29 is 9.59 Å². The number of amides is 2. The molecule has 35 heavy (non-hydrogen) atoms. The second-order valence-electron chi connectivity index (χ2n) is 7.46. The first-order valence-corrected chi connectivity index (χ1v) is 11.6. The molecule has 0 bridgehead atoms. The summed E-state index contributed by atoms with van der Waals surface area (Å²) in [5.41, 5.74) is 7.78. The van der Waals surface area contributed by atoms with E-state index in [-0.39, 0.29) is 5.91 Å². The third kappa shape index (κ3) is 5.10. The summed E-state index contributed by atoms with van der Waals surface area (Å²) in [6, 6.07) is 29.9. The van der Waals surface area contributed by atoms with Crippen molar-refractivity contribution in [3.05, 3.63) is 113 Å². The van der Waals surface area contributed by atoms with Crippen molar-refractivity contribution in [3.8, 4) is 17.1 Å². The predicted molar refractivity (Wildman–Crippen MR) is 136 cm³/mol. The molecule has 0 aliphatic heterocycles. The highest BCUT2D eigenvalue weighted by atomic mass is 32.1. The minimum absolute atomic E-state index is 0.360. The molecule has 0 aliphatic rings. The Labute approximate surface area is 205 Å². The van der Waals surface area contributed by atoms with Gasteiger partial charge in [-0.1, -0.05) is 54.6 Å². The van der Waals surface area contributed by atoms with Gasteiger partial charge in [0.1, 0.15) is 0 Å². The molecule has 5 aromatic rings. The van der Waals surface area contributed by atoms with Gasteiger partial charge < -0.3 is 5.32 Å². The summed E-state index contributed by atoms with van der Waals surface area (Å²) in [6.45, 7) is 0. The van der Waals surface area contributed by atoms with E-state index in [2.05, 4.69) is 21.3 Å². The summed E-state index contributed by atoms with van der Waals surface area (Å²) in [5, 5.41) is 9.64. The number of carbonyl (C=O) groups is 2. The minimum atomic E-state index is -0.417. The van der Waals surface area contributed by atoms with E-state index in [1.165, 1.54) is 11.3 Å². The quantitative estimate of drug-likeness (QED) is 0.303. The summed E-state index contributed by atoms with van der Waals surface area (Å²) in [7, 11) is 0. The lowest BCUT2D eigenvalue weighted by atomic mass is 10.2. The van der Waals surface area contributed by atoms with Crippen LogP contribution in [0.2, 0.25) is 0 Å². The molecule has 0 unspecified atom stereocenters. The Morgan fingerprint density at radius 3 is 2.11 bits per heavy atom. The standard InChI is InChI=1S/C26H20N6O2S/c33-24(29-30-25(34)22-12-7-17-35-22)19-13-15-20(16-14-19)27-26-28-23(18-8-3-1-4-9-18)32(31-26)21-10-5-2-6-11-21/h1-17H,(H,27,31)(H,29,33)(H,30,34). The number of carbonyl (C=O) groups excluding carboxylic acids is 2. The van der Waals surface area contributed by atoms with Crippen LogP contribution in [-0.4, -0.2) is 26.6 Å². The fraction of sp³-hybridized carbons (Fsp3) is 0. The van der Waals surface area contributed by atoms with Crippen LogP contribution in [0, 0.1) is 0 Å². The number of nitrogens with one attached hydrogen (secondary N) is 3. The third-order valence-electron chi connectivity index (χ3n) is 5.08. The number of para-hydroxylation sites is 1. The molecular weight excluding hydrogens is 460 g/mol. The van der Waals surface area contributed by atoms with E-state index in [9.17, 15) is 9.59 Å². The highest BCUT2D eigenvalue weighted by Crippen LogP contribution is 2.24. The number of anilines is 2. The van der Waals surface area contributed by atoms with E-state index in [4.69, 9.17) is 4.98 Å². The zero-order valence-corrected chi connectivity index (χ0v) is 19.2. The van der Waals surface area contributed by atoms with E-state index in [1.807, 2.05) is 60.7 Å². The van der Waals surface area contributed by atoms with Crippen LogP contribution in [0.3, 0.4) is 0 Å². The average Bonchev–Trinajstić information content (AvgIpc) is 3.59. The minimum Gasteiger partial charge on any atom is -0.323 e. The van der Waals surface area contributed by atoms with Crippen LogP contribution < -0.4 is 16.2 Å². The lowest BCUT2D eigenvalue weighted by Crippen LogP contribution is -2.41. The number of hydrogen-bond donors (Lipinski definition) is 3. The van der Waals surface area contributed by atoms with Gasteiger partial charge in [-0.05, 0) is 47.8 Å². The fourth-order valence-corrected chi connectivity index (χ4v) is 4.00. The van der Waals surface area contributed by atoms with E-state index in [0.717, 1.165) is 11.3 Å². The number of rotatable bonds is 6. The number of aromatic nitrogens is 3. The highest BCUT2D eigenvalue weighted by molar-refractivity contribution is 7.12. The molecule has 172 valence electrons. The van der Waals surface area contributed by atoms with Gasteiger partial charge in [0.2, 0.25) is 5.95 Å². The van der Waals surface area contributed by atoms with E-state index in [0.29, 0.717) is 27.9 Å². The number of thiophene rings is 1. The monoisotopic (exact) mass is 480 g/mol. The van der Waals surface area contributed by atoms with Crippen LogP contribution in [0.15, 0.2) is 102 Å². The molecular formula is C26H20N6O2S. The predicted octanol–water partition coefficient (Wildman–Crippen LogP) is 4.81. The molecule has 0 aliphatic carbocycles. The van der Waals surface area contributed by atoms with Crippen LogP contribution in [-0.2, 0) is 0 Å². The lowest BCUT2D eigenvalue weighted by molar-refractivity contribution is 0.0849. The summed E-state index contributed by atoms with van der Waals surface area (Å²) in [6.07, 6.45) is 0. The Kier molecular flexibility index (Phi) is 6.31. The SMILES string of the molecule is O=C(NNC(=O)c1cccs1)c1ccc(Nc2nc(-c3ccccc3)n(-c3ccccc3)n2)cc1. The first-order valence-electron chi connectivity index (χ1n) is 10.8. The van der Waals surface area contributed by atoms with Crippen LogP contribution in [0.1, 0.15) is 20.0 Å². The van der Waals surface area contributed by atoms with Gasteiger partial charge in [0.05, 0.1) is 10.6 Å². The molecule has 0 saturated heterocycles. The number of hydrogen-bond acceptors (Lipinski definition) is 6. The molecule has 0 spiro atoms. The maximum Gasteiger partial charge on any atom is 0.279 e. The van der Waals surface area contributed by atoms with Crippen LogP contribution in [0.5, 0.6) is 0 Å². The first kappa shape index (κ1) is 22.1. The average molecular weight is 481 g/mol. The number of benzene rings is 3. The van der Waals surface area contributed by atoms with Crippen LogP contribution >= 0.6 is 11.3 Å². The van der Waals surface area contributed by atoms with Gasteiger partial charge in [-0.25, -0.2) is 4.68 Å². The Bertz CT molecular complexity index is 1380. The van der Waals surface area contributed by atoms with Crippen molar-refractivity contribution in [2.24, 2.45) is 0 Å². The van der Waals surface area contributed by atoms with Crippen molar-refractivity contribution in [2.45, 2.75) is 0 Å². The van der Waals surface area contributed by atoms with Crippen molar-refractivity contribution in [2.75, 3.05) is 5.32 Å². The normalized spacial score (nSPS) is 10.5. The first-order chi connectivity index (χ1) is 17.2.